The van der Waals surface area contributed by atoms with Gasteiger partial charge in [-0.25, -0.2) is 4.98 Å². The number of hydrazone groups is 1. The van der Waals surface area contributed by atoms with Crippen LogP contribution in [0.5, 0.6) is 0 Å². The van der Waals surface area contributed by atoms with Crippen LogP contribution in [0, 0.1) is 11.3 Å². The average Bonchev–Trinajstić information content (AvgIpc) is 2.93. The number of hydrogen-bond acceptors (Lipinski definition) is 4. The zero-order chi connectivity index (χ0) is 14.7. The van der Waals surface area contributed by atoms with Crippen LogP contribution in [0.1, 0.15) is 5.82 Å². The largest absolute Gasteiger partial charge is 0.336 e. The third-order valence-corrected chi connectivity index (χ3v) is 3.21. The van der Waals surface area contributed by atoms with Crippen molar-refractivity contribution < 1.29 is 0 Å². The fraction of sp³-hybridized carbons (Fsp3) is 0. The molecule has 0 aliphatic rings. The predicted octanol–water partition coefficient (Wildman–Crippen LogP) is 3.56. The minimum absolute atomic E-state index is 0.158. The molecular weight excluding hydrogens is 286 g/mol. The molecule has 3 aromatic rings. The van der Waals surface area contributed by atoms with Crippen LogP contribution in [0.3, 0.4) is 0 Å². The number of halogens is 1. The Balaban J connectivity index is 1.93. The van der Waals surface area contributed by atoms with Gasteiger partial charge >= 0.3 is 0 Å². The lowest BCUT2D eigenvalue weighted by Gasteiger charge is -2.02. The Hall–Kier alpha value is -2.84. The number of imidazole rings is 1. The van der Waals surface area contributed by atoms with Crippen LogP contribution in [0.4, 0.5) is 5.69 Å². The second-order valence-corrected chi connectivity index (χ2v) is 4.67. The first kappa shape index (κ1) is 13.2. The Kier molecular flexibility index (Phi) is 3.54. The summed E-state index contributed by atoms with van der Waals surface area (Å²) < 4.78 is 0. The number of nitriles is 1. The fourth-order valence-corrected chi connectivity index (χ4v) is 2.04. The number of aromatic amines is 1. The smallest absolute Gasteiger partial charge is 0.203 e. The number of rotatable bonds is 3. The summed E-state index contributed by atoms with van der Waals surface area (Å²) >= 11 is 6.02. The summed E-state index contributed by atoms with van der Waals surface area (Å²) in [6.07, 6.45) is 0. The summed E-state index contributed by atoms with van der Waals surface area (Å²) in [6, 6.07) is 16.7. The monoisotopic (exact) mass is 295 g/mol. The van der Waals surface area contributed by atoms with Gasteiger partial charge in [-0.1, -0.05) is 35.9 Å². The van der Waals surface area contributed by atoms with Gasteiger partial charge in [0.05, 0.1) is 21.7 Å². The fourth-order valence-electron chi connectivity index (χ4n) is 1.86. The Morgan fingerprint density at radius 1 is 1.19 bits per heavy atom. The lowest BCUT2D eigenvalue weighted by Crippen LogP contribution is -2.04. The van der Waals surface area contributed by atoms with Gasteiger partial charge in [0.2, 0.25) is 5.71 Å². The highest BCUT2D eigenvalue weighted by atomic mass is 35.5. The first-order valence-corrected chi connectivity index (χ1v) is 6.59. The minimum Gasteiger partial charge on any atom is -0.336 e. The molecule has 3 rings (SSSR count). The standard InChI is InChI=1S/C15H10ClN5/c16-10-5-1-2-6-11(10)20-21-14(9-17)15-18-12-7-3-4-8-13(12)19-15/h1-8,20H,(H,18,19)/b21-14+. The van der Waals surface area contributed by atoms with Crippen molar-refractivity contribution in [3.05, 3.63) is 59.4 Å². The second kappa shape index (κ2) is 5.65. The van der Waals surface area contributed by atoms with Gasteiger partial charge in [0.25, 0.3) is 0 Å². The summed E-state index contributed by atoms with van der Waals surface area (Å²) in [5.74, 6) is 0.415. The van der Waals surface area contributed by atoms with Crippen molar-refractivity contribution in [3.63, 3.8) is 0 Å². The minimum atomic E-state index is 0.158. The maximum atomic E-state index is 9.24. The van der Waals surface area contributed by atoms with Crippen molar-refractivity contribution >= 4 is 34.0 Å². The number of anilines is 1. The lowest BCUT2D eigenvalue weighted by molar-refractivity contribution is 1.25. The maximum Gasteiger partial charge on any atom is 0.203 e. The third kappa shape index (κ3) is 2.71. The van der Waals surface area contributed by atoms with E-state index in [1.165, 1.54) is 0 Å². The van der Waals surface area contributed by atoms with Crippen LogP contribution in [0.25, 0.3) is 11.0 Å². The molecule has 0 saturated heterocycles. The molecule has 5 nitrogen and oxygen atoms in total. The summed E-state index contributed by atoms with van der Waals surface area (Å²) in [4.78, 5) is 7.40. The van der Waals surface area contributed by atoms with Gasteiger partial charge < -0.3 is 4.98 Å². The Bertz CT molecular complexity index is 827. The molecule has 1 aromatic heterocycles. The van der Waals surface area contributed by atoms with Gasteiger partial charge in [0, 0.05) is 0 Å². The SMILES string of the molecule is N#C/C(=N\Nc1ccccc1Cl)c1nc2ccccc2[nH]1. The molecule has 0 amide bonds. The average molecular weight is 296 g/mol. The van der Waals surface area contributed by atoms with Crippen molar-refractivity contribution in [1.82, 2.24) is 9.97 Å². The molecule has 0 bridgehead atoms. The molecule has 0 radical (unpaired) electrons. The topological polar surface area (TPSA) is 76.9 Å². The highest BCUT2D eigenvalue weighted by molar-refractivity contribution is 6.33. The van der Waals surface area contributed by atoms with E-state index in [0.717, 1.165) is 11.0 Å². The molecule has 6 heteroatoms. The van der Waals surface area contributed by atoms with E-state index in [4.69, 9.17) is 11.6 Å². The molecule has 2 aromatic carbocycles. The molecule has 1 heterocycles. The van der Waals surface area contributed by atoms with Crippen LogP contribution in [0.15, 0.2) is 53.6 Å². The van der Waals surface area contributed by atoms with Gasteiger partial charge in [-0.15, -0.1) is 0 Å². The molecule has 102 valence electrons. The molecule has 2 N–H and O–H groups in total. The van der Waals surface area contributed by atoms with E-state index in [1.54, 1.807) is 12.1 Å². The molecular formula is C15H10ClN5. The second-order valence-electron chi connectivity index (χ2n) is 4.27. The van der Waals surface area contributed by atoms with Crippen molar-refractivity contribution in [2.75, 3.05) is 5.43 Å². The van der Waals surface area contributed by atoms with Crippen molar-refractivity contribution in [3.8, 4) is 6.07 Å². The molecule has 0 saturated carbocycles. The maximum absolute atomic E-state index is 9.24. The van der Waals surface area contributed by atoms with Gasteiger partial charge in [0.1, 0.15) is 6.07 Å². The van der Waals surface area contributed by atoms with E-state index in [2.05, 4.69) is 20.5 Å². The van der Waals surface area contributed by atoms with E-state index in [0.29, 0.717) is 16.5 Å². The molecule has 0 fully saturated rings. The Labute approximate surface area is 125 Å². The molecule has 0 spiro atoms. The highest BCUT2D eigenvalue weighted by Crippen LogP contribution is 2.20. The van der Waals surface area contributed by atoms with Crippen LogP contribution >= 0.6 is 11.6 Å². The van der Waals surface area contributed by atoms with Crippen molar-refractivity contribution in [1.29, 1.82) is 5.26 Å². The van der Waals surface area contributed by atoms with Gasteiger partial charge in [0.15, 0.2) is 5.82 Å². The van der Waals surface area contributed by atoms with Gasteiger partial charge in [-0.2, -0.15) is 10.4 Å². The third-order valence-electron chi connectivity index (χ3n) is 2.88. The van der Waals surface area contributed by atoms with Crippen molar-refractivity contribution in [2.24, 2.45) is 5.10 Å². The lowest BCUT2D eigenvalue weighted by atomic mass is 10.3. The first-order chi connectivity index (χ1) is 10.3. The number of aromatic nitrogens is 2. The van der Waals surface area contributed by atoms with Crippen LogP contribution in [0.2, 0.25) is 5.02 Å². The first-order valence-electron chi connectivity index (χ1n) is 6.21. The molecule has 21 heavy (non-hydrogen) atoms. The van der Waals surface area contributed by atoms with Gasteiger partial charge in [-0.05, 0) is 24.3 Å². The number of fused-ring (bicyclic) bond motifs is 1. The summed E-state index contributed by atoms with van der Waals surface area (Å²) in [5.41, 5.74) is 5.21. The van der Waals surface area contributed by atoms with Crippen LogP contribution in [-0.4, -0.2) is 15.7 Å². The predicted molar refractivity (Wildman–Crippen MR) is 83.3 cm³/mol. The number of para-hydroxylation sites is 3. The van der Waals surface area contributed by atoms with Gasteiger partial charge in [-0.3, -0.25) is 5.43 Å². The molecule has 0 unspecified atom stereocenters. The van der Waals surface area contributed by atoms with Crippen LogP contribution < -0.4 is 5.43 Å². The normalized spacial score (nSPS) is 11.3. The van der Waals surface area contributed by atoms with E-state index in [-0.39, 0.29) is 5.71 Å². The van der Waals surface area contributed by atoms with E-state index >= 15 is 0 Å². The molecule has 0 aliphatic heterocycles. The molecule has 0 aliphatic carbocycles. The van der Waals surface area contributed by atoms with Crippen LogP contribution in [-0.2, 0) is 0 Å². The van der Waals surface area contributed by atoms with E-state index < -0.39 is 0 Å². The summed E-state index contributed by atoms with van der Waals surface area (Å²) in [6.45, 7) is 0. The molecule has 0 atom stereocenters. The number of nitrogens with one attached hydrogen (secondary N) is 2. The number of benzene rings is 2. The quantitative estimate of drug-likeness (QED) is 0.573. The summed E-state index contributed by atoms with van der Waals surface area (Å²) in [7, 11) is 0. The summed E-state index contributed by atoms with van der Waals surface area (Å²) in [5, 5.41) is 13.8. The zero-order valence-electron chi connectivity index (χ0n) is 10.8. The zero-order valence-corrected chi connectivity index (χ0v) is 11.6. The Morgan fingerprint density at radius 2 is 1.95 bits per heavy atom. The Morgan fingerprint density at radius 3 is 2.71 bits per heavy atom. The number of nitrogens with zero attached hydrogens (tertiary/aromatic N) is 3. The number of hydrogen-bond donors (Lipinski definition) is 2. The number of H-pyrrole nitrogens is 1. The van der Waals surface area contributed by atoms with E-state index in [1.807, 2.05) is 42.5 Å². The van der Waals surface area contributed by atoms with E-state index in [9.17, 15) is 5.26 Å². The van der Waals surface area contributed by atoms with Crippen molar-refractivity contribution in [2.45, 2.75) is 0 Å². The highest BCUT2D eigenvalue weighted by Gasteiger charge is 2.09.